The maximum absolute atomic E-state index is 5.17. The standard InChI is InChI=1S/C11H18N2O/c1-9(12-13(2)3)10-6-5-7-11(8-10)14-4/h5-9,12H,1-4H3. The van der Waals surface area contributed by atoms with Gasteiger partial charge in [0.1, 0.15) is 5.75 Å². The number of hydrazine groups is 1. The highest BCUT2D eigenvalue weighted by molar-refractivity contribution is 5.30. The fraction of sp³-hybridized carbons (Fsp3) is 0.455. The van der Waals surface area contributed by atoms with Gasteiger partial charge in [0.2, 0.25) is 0 Å². The molecular weight excluding hydrogens is 176 g/mol. The maximum atomic E-state index is 5.17. The van der Waals surface area contributed by atoms with Gasteiger partial charge < -0.3 is 4.74 Å². The molecule has 0 aliphatic rings. The Morgan fingerprint density at radius 3 is 2.64 bits per heavy atom. The monoisotopic (exact) mass is 194 g/mol. The first kappa shape index (κ1) is 11.0. The quantitative estimate of drug-likeness (QED) is 0.740. The second-order valence-corrected chi connectivity index (χ2v) is 3.52. The van der Waals surface area contributed by atoms with Crippen LogP contribution in [0.5, 0.6) is 5.75 Å². The summed E-state index contributed by atoms with van der Waals surface area (Å²) in [4.78, 5) is 0. The molecule has 1 aromatic carbocycles. The molecule has 0 aliphatic carbocycles. The molecule has 0 spiro atoms. The van der Waals surface area contributed by atoms with Gasteiger partial charge in [-0.3, -0.25) is 5.01 Å². The fourth-order valence-electron chi connectivity index (χ4n) is 1.37. The third-order valence-corrected chi connectivity index (χ3v) is 2.05. The largest absolute Gasteiger partial charge is 0.497 e. The zero-order valence-electron chi connectivity index (χ0n) is 9.24. The molecular formula is C11H18N2O. The van der Waals surface area contributed by atoms with Crippen LogP contribution < -0.4 is 10.2 Å². The second kappa shape index (κ2) is 4.98. The van der Waals surface area contributed by atoms with Crippen LogP contribution in [0.25, 0.3) is 0 Å². The zero-order chi connectivity index (χ0) is 10.6. The summed E-state index contributed by atoms with van der Waals surface area (Å²) < 4.78 is 5.17. The minimum absolute atomic E-state index is 0.292. The van der Waals surface area contributed by atoms with Crippen LogP contribution in [0.3, 0.4) is 0 Å². The first-order valence-electron chi connectivity index (χ1n) is 4.71. The number of hydrogen-bond donors (Lipinski definition) is 1. The van der Waals surface area contributed by atoms with E-state index < -0.39 is 0 Å². The van der Waals surface area contributed by atoms with Gasteiger partial charge >= 0.3 is 0 Å². The fourth-order valence-corrected chi connectivity index (χ4v) is 1.37. The van der Waals surface area contributed by atoms with Crippen LogP contribution in [0.4, 0.5) is 0 Å². The molecule has 1 atom stereocenters. The Morgan fingerprint density at radius 2 is 2.07 bits per heavy atom. The van der Waals surface area contributed by atoms with E-state index in [4.69, 9.17) is 4.74 Å². The van der Waals surface area contributed by atoms with Gasteiger partial charge in [-0.2, -0.15) is 0 Å². The van der Waals surface area contributed by atoms with Crippen molar-refractivity contribution in [1.82, 2.24) is 10.4 Å². The van der Waals surface area contributed by atoms with E-state index in [0.29, 0.717) is 6.04 Å². The van der Waals surface area contributed by atoms with Crippen LogP contribution in [0.1, 0.15) is 18.5 Å². The predicted octanol–water partition coefficient (Wildman–Crippen LogP) is 1.82. The minimum Gasteiger partial charge on any atom is -0.497 e. The molecule has 1 N–H and O–H groups in total. The third kappa shape index (κ3) is 3.01. The Morgan fingerprint density at radius 1 is 1.36 bits per heavy atom. The first-order valence-corrected chi connectivity index (χ1v) is 4.71. The van der Waals surface area contributed by atoms with E-state index in [2.05, 4.69) is 18.4 Å². The van der Waals surface area contributed by atoms with Gasteiger partial charge in [0.25, 0.3) is 0 Å². The predicted molar refractivity (Wildman–Crippen MR) is 58.2 cm³/mol. The van der Waals surface area contributed by atoms with Crippen LogP contribution in [0.2, 0.25) is 0 Å². The summed E-state index contributed by atoms with van der Waals surface area (Å²) in [5.41, 5.74) is 4.51. The first-order chi connectivity index (χ1) is 6.63. The summed E-state index contributed by atoms with van der Waals surface area (Å²) in [5, 5.41) is 1.95. The second-order valence-electron chi connectivity index (χ2n) is 3.52. The van der Waals surface area contributed by atoms with Gasteiger partial charge in [-0.15, -0.1) is 0 Å². The van der Waals surface area contributed by atoms with Crippen molar-refractivity contribution in [2.24, 2.45) is 0 Å². The Bertz CT molecular complexity index is 286. The topological polar surface area (TPSA) is 24.5 Å². The smallest absolute Gasteiger partial charge is 0.119 e. The van der Waals surface area contributed by atoms with Crippen molar-refractivity contribution in [3.63, 3.8) is 0 Å². The van der Waals surface area contributed by atoms with E-state index >= 15 is 0 Å². The van der Waals surface area contributed by atoms with Crippen molar-refractivity contribution >= 4 is 0 Å². The normalized spacial score (nSPS) is 12.9. The molecule has 3 nitrogen and oxygen atoms in total. The average Bonchev–Trinajstić information content (AvgIpc) is 2.17. The van der Waals surface area contributed by atoms with Crippen molar-refractivity contribution < 1.29 is 4.74 Å². The number of rotatable bonds is 4. The highest BCUT2D eigenvalue weighted by Crippen LogP contribution is 2.18. The molecule has 0 aliphatic heterocycles. The van der Waals surface area contributed by atoms with Crippen LogP contribution in [-0.4, -0.2) is 26.2 Å². The molecule has 1 unspecified atom stereocenters. The number of methoxy groups -OCH3 is 1. The molecule has 1 rings (SSSR count). The summed E-state index contributed by atoms with van der Waals surface area (Å²) in [6.45, 7) is 2.12. The van der Waals surface area contributed by atoms with Crippen LogP contribution in [0, 0.1) is 0 Å². The number of nitrogens with zero attached hydrogens (tertiary/aromatic N) is 1. The maximum Gasteiger partial charge on any atom is 0.119 e. The average molecular weight is 194 g/mol. The number of hydrogen-bond acceptors (Lipinski definition) is 3. The van der Waals surface area contributed by atoms with E-state index in [1.807, 2.05) is 37.3 Å². The number of nitrogens with one attached hydrogen (secondary N) is 1. The van der Waals surface area contributed by atoms with Crippen LogP contribution >= 0.6 is 0 Å². The molecule has 0 saturated heterocycles. The lowest BCUT2D eigenvalue weighted by atomic mass is 10.1. The van der Waals surface area contributed by atoms with Gasteiger partial charge in [-0.1, -0.05) is 12.1 Å². The summed E-state index contributed by atoms with van der Waals surface area (Å²) in [6, 6.07) is 8.37. The van der Waals surface area contributed by atoms with Gasteiger partial charge in [0.05, 0.1) is 7.11 Å². The Kier molecular flexibility index (Phi) is 3.92. The number of benzene rings is 1. The molecule has 78 valence electrons. The highest BCUT2D eigenvalue weighted by atomic mass is 16.5. The molecule has 0 aromatic heterocycles. The van der Waals surface area contributed by atoms with Crippen LogP contribution in [0.15, 0.2) is 24.3 Å². The summed E-state index contributed by atoms with van der Waals surface area (Å²) in [5.74, 6) is 0.898. The van der Waals surface area contributed by atoms with Gasteiger partial charge in [0, 0.05) is 20.1 Å². The molecule has 0 bridgehead atoms. The molecule has 0 heterocycles. The lowest BCUT2D eigenvalue weighted by Crippen LogP contribution is -2.32. The third-order valence-electron chi connectivity index (χ3n) is 2.05. The van der Waals surface area contributed by atoms with Gasteiger partial charge in [0.15, 0.2) is 0 Å². The SMILES string of the molecule is COc1cccc(C(C)NN(C)C)c1. The van der Waals surface area contributed by atoms with E-state index in [0.717, 1.165) is 5.75 Å². The Labute approximate surface area is 85.6 Å². The van der Waals surface area contributed by atoms with Gasteiger partial charge in [-0.25, -0.2) is 5.43 Å². The van der Waals surface area contributed by atoms with E-state index in [1.54, 1.807) is 7.11 Å². The van der Waals surface area contributed by atoms with Crippen molar-refractivity contribution in [2.75, 3.05) is 21.2 Å². The molecule has 1 aromatic rings. The van der Waals surface area contributed by atoms with Crippen molar-refractivity contribution in [2.45, 2.75) is 13.0 Å². The molecule has 0 saturated carbocycles. The molecule has 14 heavy (non-hydrogen) atoms. The molecule has 0 radical (unpaired) electrons. The van der Waals surface area contributed by atoms with Crippen molar-refractivity contribution in [3.05, 3.63) is 29.8 Å². The van der Waals surface area contributed by atoms with E-state index in [-0.39, 0.29) is 0 Å². The zero-order valence-corrected chi connectivity index (χ0v) is 9.24. The van der Waals surface area contributed by atoms with Crippen LogP contribution in [-0.2, 0) is 0 Å². The lowest BCUT2D eigenvalue weighted by molar-refractivity contribution is 0.252. The molecule has 3 heteroatoms. The Balaban J connectivity index is 2.73. The lowest BCUT2D eigenvalue weighted by Gasteiger charge is -2.19. The number of ether oxygens (including phenoxy) is 1. The van der Waals surface area contributed by atoms with E-state index in [9.17, 15) is 0 Å². The minimum atomic E-state index is 0.292. The summed E-state index contributed by atoms with van der Waals surface area (Å²) >= 11 is 0. The molecule has 0 amide bonds. The van der Waals surface area contributed by atoms with E-state index in [1.165, 1.54) is 5.56 Å². The van der Waals surface area contributed by atoms with Gasteiger partial charge in [-0.05, 0) is 24.6 Å². The molecule has 0 fully saturated rings. The van der Waals surface area contributed by atoms with Crippen molar-refractivity contribution in [1.29, 1.82) is 0 Å². The summed E-state index contributed by atoms with van der Waals surface area (Å²) in [6.07, 6.45) is 0. The highest BCUT2D eigenvalue weighted by Gasteiger charge is 2.05. The summed E-state index contributed by atoms with van der Waals surface area (Å²) in [7, 11) is 5.65. The van der Waals surface area contributed by atoms with Crippen molar-refractivity contribution in [3.8, 4) is 5.75 Å². The Hall–Kier alpha value is -1.06.